The van der Waals surface area contributed by atoms with Gasteiger partial charge in [-0.2, -0.15) is 0 Å². The van der Waals surface area contributed by atoms with Crippen molar-refractivity contribution in [3.63, 3.8) is 0 Å². The molecule has 6 heteroatoms. The van der Waals surface area contributed by atoms with Crippen LogP contribution in [0.5, 0.6) is 0 Å². The first-order valence-corrected chi connectivity index (χ1v) is 6.79. The zero-order valence-electron chi connectivity index (χ0n) is 9.81. The van der Waals surface area contributed by atoms with Gasteiger partial charge in [0, 0.05) is 29.6 Å². The van der Waals surface area contributed by atoms with E-state index in [2.05, 4.69) is 20.9 Å². The molecule has 3 nitrogen and oxygen atoms in total. The molecule has 0 saturated carbocycles. The van der Waals surface area contributed by atoms with Crippen molar-refractivity contribution in [3.8, 4) is 10.6 Å². The lowest BCUT2D eigenvalue weighted by atomic mass is 10.2. The number of methoxy groups -OCH3 is 2. The van der Waals surface area contributed by atoms with Crippen LogP contribution < -0.4 is 0 Å². The fourth-order valence-corrected chi connectivity index (χ4v) is 2.70. The van der Waals surface area contributed by atoms with Gasteiger partial charge in [-0.3, -0.25) is 0 Å². The molecule has 0 atom stereocenters. The summed E-state index contributed by atoms with van der Waals surface area (Å²) in [6.07, 6.45) is -0.520. The molecule has 2 aromatic rings. The normalized spacial score (nSPS) is 11.2. The highest BCUT2D eigenvalue weighted by Crippen LogP contribution is 2.30. The van der Waals surface area contributed by atoms with Crippen molar-refractivity contribution in [3.05, 3.63) is 39.6 Å². The highest BCUT2D eigenvalue weighted by Gasteiger charge is 2.16. The van der Waals surface area contributed by atoms with E-state index >= 15 is 0 Å². The largest absolute Gasteiger partial charge is 0.350 e. The Bertz CT molecular complexity index is 543. The van der Waals surface area contributed by atoms with Crippen LogP contribution in [0.25, 0.3) is 10.6 Å². The Labute approximate surface area is 117 Å². The van der Waals surface area contributed by atoms with Crippen LogP contribution >= 0.6 is 27.3 Å². The molecule has 0 aliphatic rings. The maximum Gasteiger partial charge on any atom is 0.201 e. The predicted octanol–water partition coefficient (Wildman–Crippen LogP) is 4.00. The van der Waals surface area contributed by atoms with Crippen molar-refractivity contribution in [2.75, 3.05) is 14.2 Å². The molecule has 0 radical (unpaired) electrons. The third kappa shape index (κ3) is 2.77. The number of nitrogens with zero attached hydrogens (tertiary/aromatic N) is 1. The van der Waals surface area contributed by atoms with E-state index in [1.165, 1.54) is 31.6 Å². The van der Waals surface area contributed by atoms with Gasteiger partial charge in [0.1, 0.15) is 16.5 Å². The zero-order chi connectivity index (χ0) is 13.1. The van der Waals surface area contributed by atoms with E-state index < -0.39 is 6.29 Å². The van der Waals surface area contributed by atoms with Crippen molar-refractivity contribution >= 4 is 27.3 Å². The SMILES string of the molecule is COC(OC)c1csc(-c2ccc(Br)cc2F)n1. The van der Waals surface area contributed by atoms with Crippen molar-refractivity contribution in [2.45, 2.75) is 6.29 Å². The van der Waals surface area contributed by atoms with Crippen molar-refractivity contribution in [1.82, 2.24) is 4.98 Å². The predicted molar refractivity (Wildman–Crippen MR) is 72.0 cm³/mol. The molecule has 0 N–H and O–H groups in total. The lowest BCUT2D eigenvalue weighted by molar-refractivity contribution is -0.108. The molecular weight excluding hydrogens is 321 g/mol. The van der Waals surface area contributed by atoms with E-state index in [0.717, 1.165) is 0 Å². The Hall–Kier alpha value is -0.820. The van der Waals surface area contributed by atoms with Crippen LogP contribution in [0.1, 0.15) is 12.0 Å². The van der Waals surface area contributed by atoms with Crippen LogP contribution in [0.15, 0.2) is 28.1 Å². The van der Waals surface area contributed by atoms with Crippen LogP contribution in [-0.2, 0) is 9.47 Å². The second kappa shape index (κ2) is 5.88. The summed E-state index contributed by atoms with van der Waals surface area (Å²) in [6, 6.07) is 4.89. The summed E-state index contributed by atoms with van der Waals surface area (Å²) in [5.74, 6) is -0.309. The molecule has 0 saturated heterocycles. The maximum atomic E-state index is 13.8. The highest BCUT2D eigenvalue weighted by atomic mass is 79.9. The number of rotatable bonds is 4. The quantitative estimate of drug-likeness (QED) is 0.793. The molecular formula is C12H11BrFNO2S. The fraction of sp³-hybridized carbons (Fsp3) is 0.250. The molecule has 1 heterocycles. The van der Waals surface area contributed by atoms with Crippen LogP contribution in [0.3, 0.4) is 0 Å². The van der Waals surface area contributed by atoms with Gasteiger partial charge in [0.25, 0.3) is 0 Å². The maximum absolute atomic E-state index is 13.8. The van der Waals surface area contributed by atoms with E-state index in [-0.39, 0.29) is 5.82 Å². The minimum atomic E-state index is -0.520. The molecule has 0 aliphatic heterocycles. The van der Waals surface area contributed by atoms with Gasteiger partial charge >= 0.3 is 0 Å². The molecule has 0 aliphatic carbocycles. The molecule has 96 valence electrons. The van der Waals surface area contributed by atoms with E-state index in [0.29, 0.717) is 20.7 Å². The lowest BCUT2D eigenvalue weighted by Gasteiger charge is -2.09. The minimum absolute atomic E-state index is 0.309. The van der Waals surface area contributed by atoms with Gasteiger partial charge < -0.3 is 9.47 Å². The number of thiazole rings is 1. The molecule has 1 aromatic carbocycles. The molecule has 0 unspecified atom stereocenters. The first-order chi connectivity index (χ1) is 8.65. The molecule has 2 rings (SSSR count). The average molecular weight is 332 g/mol. The van der Waals surface area contributed by atoms with E-state index in [1.54, 1.807) is 17.5 Å². The zero-order valence-corrected chi connectivity index (χ0v) is 12.2. The van der Waals surface area contributed by atoms with Gasteiger partial charge in [0.15, 0.2) is 0 Å². The Kier molecular flexibility index (Phi) is 4.45. The van der Waals surface area contributed by atoms with Crippen molar-refractivity contribution in [1.29, 1.82) is 0 Å². The number of hydrogen-bond acceptors (Lipinski definition) is 4. The number of hydrogen-bond donors (Lipinski definition) is 0. The van der Waals surface area contributed by atoms with Gasteiger partial charge in [-0.05, 0) is 18.2 Å². The summed E-state index contributed by atoms with van der Waals surface area (Å²) >= 11 is 4.58. The Balaban J connectivity index is 2.34. The fourth-order valence-electron chi connectivity index (χ4n) is 1.52. The summed E-state index contributed by atoms with van der Waals surface area (Å²) in [4.78, 5) is 4.33. The number of halogens is 2. The van der Waals surface area contributed by atoms with Gasteiger partial charge in [0.2, 0.25) is 6.29 Å². The number of ether oxygens (including phenoxy) is 2. The molecule has 0 bridgehead atoms. The number of aromatic nitrogens is 1. The summed E-state index contributed by atoms with van der Waals surface area (Å²) in [7, 11) is 3.07. The van der Waals surface area contributed by atoms with Crippen molar-refractivity contribution < 1.29 is 13.9 Å². The minimum Gasteiger partial charge on any atom is -0.350 e. The molecule has 0 spiro atoms. The van der Waals surface area contributed by atoms with E-state index in [9.17, 15) is 4.39 Å². The first kappa shape index (κ1) is 13.6. The van der Waals surface area contributed by atoms with Gasteiger partial charge in [0.05, 0.1) is 0 Å². The molecule has 0 amide bonds. The Morgan fingerprint density at radius 1 is 1.33 bits per heavy atom. The molecule has 0 fully saturated rings. The third-order valence-electron chi connectivity index (χ3n) is 2.35. The topological polar surface area (TPSA) is 31.4 Å². The molecule has 18 heavy (non-hydrogen) atoms. The third-order valence-corrected chi connectivity index (χ3v) is 3.74. The molecule has 1 aromatic heterocycles. The standard InChI is InChI=1S/C12H11BrFNO2S/c1-16-12(17-2)10-6-18-11(15-10)8-4-3-7(13)5-9(8)14/h3-6,12H,1-2H3. The Morgan fingerprint density at radius 2 is 2.06 bits per heavy atom. The second-order valence-corrected chi connectivity index (χ2v) is 5.28. The van der Waals surface area contributed by atoms with Crippen molar-refractivity contribution in [2.24, 2.45) is 0 Å². The Morgan fingerprint density at radius 3 is 2.67 bits per heavy atom. The van der Waals surface area contributed by atoms with Crippen LogP contribution in [0.4, 0.5) is 4.39 Å². The van der Waals surface area contributed by atoms with Crippen LogP contribution in [0, 0.1) is 5.82 Å². The summed E-state index contributed by atoms with van der Waals surface area (Å²) in [6.45, 7) is 0. The second-order valence-electron chi connectivity index (χ2n) is 3.51. The van der Waals surface area contributed by atoms with Crippen LogP contribution in [0.2, 0.25) is 0 Å². The summed E-state index contributed by atoms with van der Waals surface area (Å²) < 4.78 is 24.7. The van der Waals surface area contributed by atoms with E-state index in [4.69, 9.17) is 9.47 Å². The highest BCUT2D eigenvalue weighted by molar-refractivity contribution is 9.10. The first-order valence-electron chi connectivity index (χ1n) is 5.12. The lowest BCUT2D eigenvalue weighted by Crippen LogP contribution is -2.03. The van der Waals surface area contributed by atoms with E-state index in [1.807, 2.05) is 0 Å². The van der Waals surface area contributed by atoms with Crippen LogP contribution in [-0.4, -0.2) is 19.2 Å². The van der Waals surface area contributed by atoms with Gasteiger partial charge in [-0.25, -0.2) is 9.37 Å². The average Bonchev–Trinajstić information content (AvgIpc) is 2.80. The monoisotopic (exact) mass is 331 g/mol. The summed E-state index contributed by atoms with van der Waals surface area (Å²) in [5.41, 5.74) is 1.11. The smallest absolute Gasteiger partial charge is 0.201 e. The van der Waals surface area contributed by atoms with Gasteiger partial charge in [-0.15, -0.1) is 11.3 Å². The number of benzene rings is 1. The van der Waals surface area contributed by atoms with Gasteiger partial charge in [-0.1, -0.05) is 15.9 Å². The summed E-state index contributed by atoms with van der Waals surface area (Å²) in [5, 5.41) is 2.41.